The van der Waals surface area contributed by atoms with Crippen LogP contribution in [0.25, 0.3) is 0 Å². The lowest BCUT2D eigenvalue weighted by molar-refractivity contribution is -0.119. The molecule has 0 aliphatic heterocycles. The first-order valence-corrected chi connectivity index (χ1v) is 12.5. The fraction of sp³-hybridized carbons (Fsp3) is 0.150. The normalized spacial score (nSPS) is 11.3. The Morgan fingerprint density at radius 2 is 1.83 bits per heavy atom. The van der Waals surface area contributed by atoms with Gasteiger partial charge >= 0.3 is 0 Å². The molecule has 0 atom stereocenters. The van der Waals surface area contributed by atoms with Crippen LogP contribution in [0.4, 0.5) is 10.1 Å². The second-order valence-electron chi connectivity index (χ2n) is 6.05. The number of carbonyl (C=O) groups is 1. The molecule has 30 heavy (non-hydrogen) atoms. The van der Waals surface area contributed by atoms with E-state index >= 15 is 0 Å². The van der Waals surface area contributed by atoms with E-state index in [-0.39, 0.29) is 9.90 Å². The van der Waals surface area contributed by atoms with Crippen LogP contribution in [-0.4, -0.2) is 33.2 Å². The first-order chi connectivity index (χ1) is 14.4. The highest BCUT2D eigenvalue weighted by Crippen LogP contribution is 2.28. The summed E-state index contributed by atoms with van der Waals surface area (Å²) < 4.78 is 41.2. The summed E-state index contributed by atoms with van der Waals surface area (Å²) in [6, 6.07) is 15.8. The van der Waals surface area contributed by atoms with E-state index in [4.69, 9.17) is 11.6 Å². The van der Waals surface area contributed by atoms with Crippen LogP contribution < -0.4 is 9.62 Å². The largest absolute Gasteiger partial charge is 0.354 e. The molecule has 3 aromatic rings. The van der Waals surface area contributed by atoms with E-state index in [0.717, 1.165) is 26.6 Å². The maximum absolute atomic E-state index is 14.3. The molecule has 0 aliphatic rings. The molecule has 2 aromatic carbocycles. The minimum atomic E-state index is -4.07. The Labute approximate surface area is 187 Å². The molecule has 0 radical (unpaired) electrons. The fourth-order valence-electron chi connectivity index (χ4n) is 2.55. The highest BCUT2D eigenvalue weighted by atomic mass is 35.5. The predicted molar refractivity (Wildman–Crippen MR) is 120 cm³/mol. The van der Waals surface area contributed by atoms with E-state index in [1.165, 1.54) is 36.0 Å². The molecule has 10 heteroatoms. The summed E-state index contributed by atoms with van der Waals surface area (Å²) in [6.07, 6.45) is 0. The number of thioether (sulfide) groups is 1. The first kappa shape index (κ1) is 22.6. The molecule has 3 rings (SSSR count). The number of benzene rings is 2. The van der Waals surface area contributed by atoms with Gasteiger partial charge in [-0.1, -0.05) is 29.8 Å². The number of amides is 1. The van der Waals surface area contributed by atoms with E-state index in [0.29, 0.717) is 17.3 Å². The van der Waals surface area contributed by atoms with E-state index < -0.39 is 28.3 Å². The molecule has 0 spiro atoms. The van der Waals surface area contributed by atoms with Gasteiger partial charge in [0.05, 0.1) is 5.69 Å². The second kappa shape index (κ2) is 10.3. The topological polar surface area (TPSA) is 66.5 Å². The Hall–Kier alpha value is -2.07. The summed E-state index contributed by atoms with van der Waals surface area (Å²) >= 11 is 8.39. The van der Waals surface area contributed by atoms with Gasteiger partial charge in [-0.2, -0.15) is 0 Å². The monoisotopic (exact) mass is 484 g/mol. The zero-order valence-corrected chi connectivity index (χ0v) is 18.8. The number of para-hydroxylation sites is 1. The summed E-state index contributed by atoms with van der Waals surface area (Å²) in [5.41, 5.74) is -0.170. The SMILES string of the molecule is O=C(CN(c1ccccc1F)S(=O)(=O)c1cccs1)NCCSc1ccc(Cl)cc1. The minimum absolute atomic E-state index is 0.0387. The van der Waals surface area contributed by atoms with Crippen molar-refractivity contribution in [2.24, 2.45) is 0 Å². The van der Waals surface area contributed by atoms with Gasteiger partial charge in [0.2, 0.25) is 5.91 Å². The Bertz CT molecular complexity index is 1090. The lowest BCUT2D eigenvalue weighted by atomic mass is 10.3. The summed E-state index contributed by atoms with van der Waals surface area (Å²) in [4.78, 5) is 13.4. The second-order valence-corrected chi connectivity index (χ2v) is 10.7. The number of carbonyl (C=O) groups excluding carboxylic acids is 1. The number of thiophene rings is 1. The standard InChI is InChI=1S/C20H18ClFN2O3S3/c21-15-7-9-16(10-8-15)28-13-11-23-19(25)14-24(18-5-2-1-4-17(18)22)30(26,27)20-6-3-12-29-20/h1-10,12H,11,13-14H2,(H,23,25). The third kappa shape index (κ3) is 5.75. The molecule has 1 amide bonds. The molecule has 0 aliphatic carbocycles. The number of hydrogen-bond acceptors (Lipinski definition) is 5. The van der Waals surface area contributed by atoms with Crippen molar-refractivity contribution in [2.45, 2.75) is 9.10 Å². The van der Waals surface area contributed by atoms with Crippen molar-refractivity contribution in [3.63, 3.8) is 0 Å². The molecule has 0 bridgehead atoms. The van der Waals surface area contributed by atoms with Crippen molar-refractivity contribution < 1.29 is 17.6 Å². The molecule has 1 heterocycles. The van der Waals surface area contributed by atoms with Crippen molar-refractivity contribution >= 4 is 56.3 Å². The minimum Gasteiger partial charge on any atom is -0.354 e. The Morgan fingerprint density at radius 3 is 2.50 bits per heavy atom. The van der Waals surface area contributed by atoms with Crippen molar-refractivity contribution in [2.75, 3.05) is 23.1 Å². The summed E-state index contributed by atoms with van der Waals surface area (Å²) in [5, 5.41) is 4.95. The summed E-state index contributed by atoms with van der Waals surface area (Å²) in [5.74, 6) is -0.649. The van der Waals surface area contributed by atoms with Crippen LogP contribution in [-0.2, 0) is 14.8 Å². The van der Waals surface area contributed by atoms with Gasteiger partial charge in [0.1, 0.15) is 16.6 Å². The molecule has 0 unspecified atom stereocenters. The number of halogens is 2. The molecule has 0 saturated carbocycles. The summed E-state index contributed by atoms with van der Waals surface area (Å²) in [6.45, 7) is -0.191. The molecule has 1 N–H and O–H groups in total. The van der Waals surface area contributed by atoms with Gasteiger partial charge in [-0.15, -0.1) is 23.1 Å². The number of nitrogens with zero attached hydrogens (tertiary/aromatic N) is 1. The van der Waals surface area contributed by atoms with Crippen molar-refractivity contribution in [1.29, 1.82) is 0 Å². The maximum Gasteiger partial charge on any atom is 0.274 e. The lowest BCUT2D eigenvalue weighted by Crippen LogP contribution is -2.41. The van der Waals surface area contributed by atoms with Gasteiger partial charge in [0.25, 0.3) is 10.0 Å². The third-order valence-corrected chi connectivity index (χ3v) is 8.35. The number of nitrogens with one attached hydrogen (secondary N) is 1. The van der Waals surface area contributed by atoms with Crippen LogP contribution in [0.3, 0.4) is 0 Å². The summed E-state index contributed by atoms with van der Waals surface area (Å²) in [7, 11) is -4.07. The molecule has 0 saturated heterocycles. The number of anilines is 1. The van der Waals surface area contributed by atoms with Crippen LogP contribution in [0.15, 0.2) is 75.1 Å². The molecule has 1 aromatic heterocycles. The maximum atomic E-state index is 14.3. The number of sulfonamides is 1. The van der Waals surface area contributed by atoms with Crippen LogP contribution in [0.2, 0.25) is 5.02 Å². The third-order valence-electron chi connectivity index (χ3n) is 3.95. The zero-order chi connectivity index (χ0) is 21.6. The fourth-order valence-corrected chi connectivity index (χ4v) is 5.98. The average molecular weight is 485 g/mol. The van der Waals surface area contributed by atoms with Crippen LogP contribution in [0, 0.1) is 5.82 Å². The van der Waals surface area contributed by atoms with Crippen LogP contribution in [0.5, 0.6) is 0 Å². The van der Waals surface area contributed by atoms with Gasteiger partial charge in [0.15, 0.2) is 0 Å². The van der Waals surface area contributed by atoms with Crippen molar-refractivity contribution in [1.82, 2.24) is 5.32 Å². The van der Waals surface area contributed by atoms with E-state index in [1.54, 1.807) is 23.6 Å². The molecular weight excluding hydrogens is 467 g/mol. The average Bonchev–Trinajstić information content (AvgIpc) is 3.27. The van der Waals surface area contributed by atoms with E-state index in [1.807, 2.05) is 12.1 Å². The number of hydrogen-bond donors (Lipinski definition) is 1. The zero-order valence-electron chi connectivity index (χ0n) is 15.6. The highest BCUT2D eigenvalue weighted by Gasteiger charge is 2.29. The smallest absolute Gasteiger partial charge is 0.274 e. The van der Waals surface area contributed by atoms with Gasteiger partial charge < -0.3 is 5.32 Å². The predicted octanol–water partition coefficient (Wildman–Crippen LogP) is 4.64. The van der Waals surface area contributed by atoms with Crippen LogP contribution >= 0.6 is 34.7 Å². The first-order valence-electron chi connectivity index (χ1n) is 8.84. The van der Waals surface area contributed by atoms with Gasteiger partial charge in [0, 0.05) is 22.2 Å². The Kier molecular flexibility index (Phi) is 7.76. The van der Waals surface area contributed by atoms with E-state index in [9.17, 15) is 17.6 Å². The number of rotatable bonds is 9. The van der Waals surface area contributed by atoms with Gasteiger partial charge in [-0.05, 0) is 47.8 Å². The van der Waals surface area contributed by atoms with Gasteiger partial charge in [-0.25, -0.2) is 12.8 Å². The Balaban J connectivity index is 1.66. The molecular formula is C20H18ClFN2O3S3. The molecule has 0 fully saturated rings. The van der Waals surface area contributed by atoms with E-state index in [2.05, 4.69) is 5.32 Å². The van der Waals surface area contributed by atoms with Gasteiger partial charge in [-0.3, -0.25) is 9.10 Å². The molecule has 158 valence electrons. The van der Waals surface area contributed by atoms with Crippen molar-refractivity contribution in [3.8, 4) is 0 Å². The molecule has 5 nitrogen and oxygen atoms in total. The van der Waals surface area contributed by atoms with Crippen molar-refractivity contribution in [3.05, 3.63) is 76.9 Å². The van der Waals surface area contributed by atoms with Crippen LogP contribution in [0.1, 0.15) is 0 Å². The quantitative estimate of drug-likeness (QED) is 0.355. The Morgan fingerprint density at radius 1 is 1.10 bits per heavy atom. The lowest BCUT2D eigenvalue weighted by Gasteiger charge is -2.23. The highest BCUT2D eigenvalue weighted by molar-refractivity contribution is 7.99.